The quantitative estimate of drug-likeness (QED) is 0.404. The van der Waals surface area contributed by atoms with Crippen LogP contribution in [0.4, 0.5) is 10.8 Å². The predicted molar refractivity (Wildman–Crippen MR) is 121 cm³/mol. The molecule has 2 aromatic carbocycles. The largest absolute Gasteiger partial charge is 0.326 e. The monoisotopic (exact) mass is 458 g/mol. The fraction of sp³-hybridized carbons (Fsp3) is 0.150. The maximum Gasteiger partial charge on any atom is 0.263 e. The number of hydrogen-bond acceptors (Lipinski definition) is 7. The van der Waals surface area contributed by atoms with Crippen LogP contribution in [-0.2, 0) is 21.2 Å². The minimum atomic E-state index is -3.71. The Labute approximate surface area is 181 Å². The summed E-state index contributed by atoms with van der Waals surface area (Å²) in [6, 6.07) is 14.0. The third-order valence-electron chi connectivity index (χ3n) is 4.24. The van der Waals surface area contributed by atoms with Gasteiger partial charge in [0.1, 0.15) is 0 Å². The Kier molecular flexibility index (Phi) is 6.07. The third kappa shape index (κ3) is 5.02. The molecule has 7 nitrogen and oxygen atoms in total. The van der Waals surface area contributed by atoms with Crippen molar-refractivity contribution in [1.29, 1.82) is 0 Å². The predicted octanol–water partition coefficient (Wildman–Crippen LogP) is 4.52. The van der Waals surface area contributed by atoms with Gasteiger partial charge in [0.15, 0.2) is 5.13 Å². The van der Waals surface area contributed by atoms with E-state index in [4.69, 9.17) is 0 Å². The molecule has 0 spiro atoms. The van der Waals surface area contributed by atoms with Crippen LogP contribution < -0.4 is 10.0 Å². The first-order chi connectivity index (χ1) is 14.5. The SMILES string of the molecule is O=C(CCCc1nc2ccccc2s1)Nc1ccc(S(=O)(=O)Nc2nccs2)cc1. The highest BCUT2D eigenvalue weighted by Gasteiger charge is 2.15. The van der Waals surface area contributed by atoms with Crippen LogP contribution in [0.1, 0.15) is 17.8 Å². The summed E-state index contributed by atoms with van der Waals surface area (Å²) in [6.45, 7) is 0. The summed E-state index contributed by atoms with van der Waals surface area (Å²) >= 11 is 2.85. The van der Waals surface area contributed by atoms with Crippen LogP contribution in [0.15, 0.2) is 65.0 Å². The average Bonchev–Trinajstić information content (AvgIpc) is 3.37. The molecule has 2 heterocycles. The number of amides is 1. The summed E-state index contributed by atoms with van der Waals surface area (Å²) in [7, 11) is -3.71. The summed E-state index contributed by atoms with van der Waals surface area (Å²) in [6.07, 6.45) is 3.32. The second-order valence-corrected chi connectivity index (χ2v) is 10.1. The standard InChI is InChI=1S/C20H18N4O3S3/c25-18(6-3-7-19-23-16-4-1-2-5-17(16)29-19)22-14-8-10-15(11-9-14)30(26,27)24-20-21-12-13-28-20/h1-2,4-5,8-13H,3,6-7H2,(H,21,24)(H,22,25). The first-order valence-corrected chi connectivity index (χ1v) is 12.3. The van der Waals surface area contributed by atoms with E-state index in [0.717, 1.165) is 21.6 Å². The lowest BCUT2D eigenvalue weighted by Gasteiger charge is -2.08. The summed E-state index contributed by atoms with van der Waals surface area (Å²) in [5.74, 6) is -0.118. The molecule has 4 rings (SSSR count). The molecule has 0 fully saturated rings. The van der Waals surface area contributed by atoms with E-state index >= 15 is 0 Å². The topological polar surface area (TPSA) is 101 Å². The maximum absolute atomic E-state index is 12.3. The van der Waals surface area contributed by atoms with E-state index in [0.29, 0.717) is 23.7 Å². The van der Waals surface area contributed by atoms with Crippen molar-refractivity contribution in [3.63, 3.8) is 0 Å². The number of carbonyl (C=O) groups is 1. The number of fused-ring (bicyclic) bond motifs is 1. The molecule has 0 aliphatic carbocycles. The number of rotatable bonds is 8. The Morgan fingerprint density at radius 3 is 2.60 bits per heavy atom. The molecule has 2 aromatic heterocycles. The van der Waals surface area contributed by atoms with Crippen molar-refractivity contribution in [1.82, 2.24) is 9.97 Å². The van der Waals surface area contributed by atoms with Crippen molar-refractivity contribution < 1.29 is 13.2 Å². The van der Waals surface area contributed by atoms with Crippen molar-refractivity contribution >= 4 is 59.6 Å². The van der Waals surface area contributed by atoms with Crippen LogP contribution in [0.5, 0.6) is 0 Å². The lowest BCUT2D eigenvalue weighted by atomic mass is 10.2. The molecule has 0 unspecified atom stereocenters. The fourth-order valence-electron chi connectivity index (χ4n) is 2.82. The molecule has 2 N–H and O–H groups in total. The second-order valence-electron chi connectivity index (χ2n) is 6.44. The first-order valence-electron chi connectivity index (χ1n) is 9.16. The number of nitrogens with zero attached hydrogens (tertiary/aromatic N) is 2. The molecule has 0 bridgehead atoms. The Morgan fingerprint density at radius 2 is 1.87 bits per heavy atom. The molecule has 0 aliphatic heterocycles. The molecule has 1 amide bonds. The van der Waals surface area contributed by atoms with E-state index in [1.54, 1.807) is 28.8 Å². The number of hydrogen-bond donors (Lipinski definition) is 2. The van der Waals surface area contributed by atoms with Crippen LogP contribution >= 0.6 is 22.7 Å². The van der Waals surface area contributed by atoms with Crippen LogP contribution in [0.3, 0.4) is 0 Å². The summed E-state index contributed by atoms with van der Waals surface area (Å²) < 4.78 is 28.2. The smallest absolute Gasteiger partial charge is 0.263 e. The van der Waals surface area contributed by atoms with Gasteiger partial charge in [0, 0.05) is 23.7 Å². The highest BCUT2D eigenvalue weighted by atomic mass is 32.2. The molecule has 0 saturated carbocycles. The zero-order valence-corrected chi connectivity index (χ0v) is 18.2. The van der Waals surface area contributed by atoms with Crippen LogP contribution in [-0.4, -0.2) is 24.3 Å². The van der Waals surface area contributed by atoms with Gasteiger partial charge < -0.3 is 5.32 Å². The second kappa shape index (κ2) is 8.90. The Hall–Kier alpha value is -2.82. The summed E-state index contributed by atoms with van der Waals surface area (Å²) in [5, 5.41) is 5.81. The molecule has 154 valence electrons. The lowest BCUT2D eigenvalue weighted by Crippen LogP contribution is -2.14. The molecular weight excluding hydrogens is 440 g/mol. The fourth-order valence-corrected chi connectivity index (χ4v) is 5.61. The van der Waals surface area contributed by atoms with Crippen molar-refractivity contribution in [3.05, 3.63) is 65.1 Å². The number of para-hydroxylation sites is 1. The Balaban J connectivity index is 1.29. The number of aryl methyl sites for hydroxylation is 1. The highest BCUT2D eigenvalue weighted by molar-refractivity contribution is 7.93. The van der Waals surface area contributed by atoms with Gasteiger partial charge in [-0.2, -0.15) is 0 Å². The van der Waals surface area contributed by atoms with Crippen molar-refractivity contribution in [3.8, 4) is 0 Å². The van der Waals surface area contributed by atoms with Gasteiger partial charge in [-0.1, -0.05) is 12.1 Å². The van der Waals surface area contributed by atoms with Crippen molar-refractivity contribution in [2.24, 2.45) is 0 Å². The Morgan fingerprint density at radius 1 is 1.07 bits per heavy atom. The molecule has 4 aromatic rings. The molecule has 0 saturated heterocycles. The van der Waals surface area contributed by atoms with E-state index < -0.39 is 10.0 Å². The van der Waals surface area contributed by atoms with Gasteiger partial charge in [-0.3, -0.25) is 9.52 Å². The van der Waals surface area contributed by atoms with E-state index in [2.05, 4.69) is 20.0 Å². The van der Waals surface area contributed by atoms with Gasteiger partial charge in [-0.15, -0.1) is 22.7 Å². The zero-order chi connectivity index (χ0) is 21.0. The first kappa shape index (κ1) is 20.5. The van der Waals surface area contributed by atoms with Gasteiger partial charge in [-0.25, -0.2) is 18.4 Å². The molecule has 30 heavy (non-hydrogen) atoms. The zero-order valence-electron chi connectivity index (χ0n) is 15.7. The lowest BCUT2D eigenvalue weighted by molar-refractivity contribution is -0.116. The third-order valence-corrected chi connectivity index (χ3v) is 7.50. The normalized spacial score (nSPS) is 11.5. The maximum atomic E-state index is 12.3. The highest BCUT2D eigenvalue weighted by Crippen LogP contribution is 2.23. The molecule has 10 heteroatoms. The number of thiazole rings is 2. The van der Waals surface area contributed by atoms with Gasteiger partial charge >= 0.3 is 0 Å². The molecule has 0 aliphatic rings. The van der Waals surface area contributed by atoms with Gasteiger partial charge in [0.2, 0.25) is 5.91 Å². The van der Waals surface area contributed by atoms with E-state index in [1.165, 1.54) is 29.7 Å². The van der Waals surface area contributed by atoms with E-state index in [1.807, 2.05) is 24.3 Å². The number of sulfonamides is 1. The van der Waals surface area contributed by atoms with Gasteiger partial charge in [0.25, 0.3) is 10.0 Å². The number of nitrogens with one attached hydrogen (secondary N) is 2. The van der Waals surface area contributed by atoms with Gasteiger partial charge in [0.05, 0.1) is 20.1 Å². The van der Waals surface area contributed by atoms with E-state index in [-0.39, 0.29) is 10.8 Å². The molecule has 0 radical (unpaired) electrons. The van der Waals surface area contributed by atoms with Crippen LogP contribution in [0.25, 0.3) is 10.2 Å². The number of aromatic nitrogens is 2. The minimum absolute atomic E-state index is 0.103. The molecule has 0 atom stereocenters. The van der Waals surface area contributed by atoms with Crippen LogP contribution in [0.2, 0.25) is 0 Å². The van der Waals surface area contributed by atoms with Crippen molar-refractivity contribution in [2.45, 2.75) is 24.2 Å². The average molecular weight is 459 g/mol. The van der Waals surface area contributed by atoms with Gasteiger partial charge in [-0.05, 0) is 49.2 Å². The minimum Gasteiger partial charge on any atom is -0.326 e. The number of benzene rings is 2. The molecular formula is C20H18N4O3S3. The number of anilines is 2. The number of carbonyl (C=O) groups excluding carboxylic acids is 1. The van der Waals surface area contributed by atoms with Crippen molar-refractivity contribution in [2.75, 3.05) is 10.0 Å². The Bertz CT molecular complexity index is 1220. The van der Waals surface area contributed by atoms with Crippen LogP contribution in [0, 0.1) is 0 Å². The summed E-state index contributed by atoms with van der Waals surface area (Å²) in [5.41, 5.74) is 1.54. The van der Waals surface area contributed by atoms with E-state index in [9.17, 15) is 13.2 Å². The summed E-state index contributed by atoms with van der Waals surface area (Å²) in [4.78, 5) is 20.8.